The lowest BCUT2D eigenvalue weighted by atomic mass is 10.0. The van der Waals surface area contributed by atoms with Crippen molar-refractivity contribution in [3.8, 4) is 0 Å². The van der Waals surface area contributed by atoms with Crippen LogP contribution in [0.5, 0.6) is 0 Å². The summed E-state index contributed by atoms with van der Waals surface area (Å²) in [6, 6.07) is 0. The Labute approximate surface area is 117 Å². The maximum absolute atomic E-state index is 11.8. The van der Waals surface area contributed by atoms with Crippen LogP contribution in [-0.2, 0) is 19.1 Å². The number of allylic oxidation sites excluding steroid dienone is 3. The van der Waals surface area contributed by atoms with E-state index in [-0.39, 0.29) is 18.8 Å². The summed E-state index contributed by atoms with van der Waals surface area (Å²) in [5, 5.41) is 7.38. The van der Waals surface area contributed by atoms with Gasteiger partial charge in [0.1, 0.15) is 12.8 Å². The van der Waals surface area contributed by atoms with Crippen molar-refractivity contribution >= 4 is 23.9 Å². The molecule has 0 aromatic heterocycles. The van der Waals surface area contributed by atoms with E-state index < -0.39 is 11.9 Å². The smallest absolute Gasteiger partial charge is 0.398 e. The molecule has 0 heterocycles. The van der Waals surface area contributed by atoms with Crippen molar-refractivity contribution in [2.45, 2.75) is 6.92 Å². The normalized spacial score (nSPS) is 15.7. The van der Waals surface area contributed by atoms with E-state index >= 15 is 0 Å². The van der Waals surface area contributed by atoms with Gasteiger partial charge in [0.25, 0.3) is 0 Å². The minimum atomic E-state index is -0.594. The minimum Gasteiger partial charge on any atom is -0.462 e. The molecule has 0 aliphatic heterocycles. The van der Waals surface area contributed by atoms with E-state index in [0.29, 0.717) is 5.71 Å². The van der Waals surface area contributed by atoms with E-state index in [9.17, 15) is 9.59 Å². The maximum atomic E-state index is 11.8. The predicted octanol–water partition coefficient (Wildman–Crippen LogP) is 1.41. The lowest BCUT2D eigenvalue weighted by Gasteiger charge is -2.02. The van der Waals surface area contributed by atoms with Gasteiger partial charge < -0.3 is 9.47 Å². The van der Waals surface area contributed by atoms with Crippen LogP contribution < -0.4 is 0 Å². The van der Waals surface area contributed by atoms with Crippen LogP contribution in [0.4, 0.5) is 0 Å². The Morgan fingerprint density at radius 1 is 1.45 bits per heavy atom. The molecule has 0 spiro atoms. The minimum absolute atomic E-state index is 0.110. The zero-order chi connectivity index (χ0) is 14.8. The molecule has 0 saturated heterocycles. The molecule has 0 amide bonds. The second-order valence-electron chi connectivity index (χ2n) is 3.50. The van der Waals surface area contributed by atoms with Crippen LogP contribution in [0, 0.1) is 6.42 Å². The van der Waals surface area contributed by atoms with E-state index in [2.05, 4.69) is 21.5 Å². The van der Waals surface area contributed by atoms with Gasteiger partial charge in [-0.1, -0.05) is 12.7 Å². The zero-order valence-corrected chi connectivity index (χ0v) is 11.1. The molecule has 104 valence electrons. The fourth-order valence-corrected chi connectivity index (χ4v) is 1.26. The molecular formula is C14H15N2O4+. The van der Waals surface area contributed by atoms with Crippen LogP contribution in [0.15, 0.2) is 46.7 Å². The van der Waals surface area contributed by atoms with Crippen molar-refractivity contribution in [3.05, 3.63) is 42.9 Å². The molecule has 6 heteroatoms. The molecule has 1 rings (SSSR count). The summed E-state index contributed by atoms with van der Waals surface area (Å²) >= 11 is 0. The highest BCUT2D eigenvalue weighted by Crippen LogP contribution is 2.11. The molecule has 0 radical (unpaired) electrons. The average molecular weight is 275 g/mol. The molecule has 0 atom stereocenters. The second kappa shape index (κ2) is 8.47. The SMILES string of the molecule is C=CCOC(=O)C1=C[CH+]C=C/C1=N\N=CC(=O)OCC. The van der Waals surface area contributed by atoms with Crippen LogP contribution >= 0.6 is 0 Å². The Morgan fingerprint density at radius 3 is 2.95 bits per heavy atom. The standard InChI is InChI=1S/C14H15N2O4/c1-3-9-20-14(18)11-7-5-6-8-12(11)16-15-10-13(17)19-4-2/h3,5-8,10H,1,4,9H2,2H3/q+1/b15-10?,16-12+. The first-order chi connectivity index (χ1) is 9.69. The Morgan fingerprint density at radius 2 is 2.25 bits per heavy atom. The first kappa shape index (κ1) is 15.4. The van der Waals surface area contributed by atoms with Gasteiger partial charge in [-0.15, -0.1) is 10.2 Å². The van der Waals surface area contributed by atoms with Crippen LogP contribution in [-0.4, -0.2) is 37.1 Å². The Kier molecular flexibility index (Phi) is 6.53. The van der Waals surface area contributed by atoms with Crippen molar-refractivity contribution in [3.63, 3.8) is 0 Å². The topological polar surface area (TPSA) is 77.3 Å². The molecule has 0 saturated carbocycles. The van der Waals surface area contributed by atoms with Gasteiger partial charge in [0, 0.05) is 6.42 Å². The maximum Gasteiger partial charge on any atom is 0.398 e. The number of hydrogen-bond acceptors (Lipinski definition) is 6. The molecule has 0 bridgehead atoms. The predicted molar refractivity (Wildman–Crippen MR) is 75.2 cm³/mol. The number of carbonyl (C=O) groups is 2. The van der Waals surface area contributed by atoms with Crippen LogP contribution in [0.1, 0.15) is 6.92 Å². The van der Waals surface area contributed by atoms with Crippen molar-refractivity contribution in [2.75, 3.05) is 13.2 Å². The third kappa shape index (κ3) is 4.93. The van der Waals surface area contributed by atoms with Crippen LogP contribution in [0.2, 0.25) is 0 Å². The van der Waals surface area contributed by atoms with Gasteiger partial charge in [-0.25, -0.2) is 9.59 Å². The lowest BCUT2D eigenvalue weighted by molar-refractivity contribution is -0.137. The summed E-state index contributed by atoms with van der Waals surface area (Å²) in [5.41, 5.74) is 0.567. The van der Waals surface area contributed by atoms with E-state index in [1.165, 1.54) is 6.08 Å². The van der Waals surface area contributed by atoms with Crippen molar-refractivity contribution in [1.82, 2.24) is 0 Å². The fraction of sp³-hybridized carbons (Fsp3) is 0.214. The summed E-state index contributed by atoms with van der Waals surface area (Å²) in [4.78, 5) is 22.8. The van der Waals surface area contributed by atoms with Gasteiger partial charge in [-0.05, 0) is 6.92 Å². The summed E-state index contributed by atoms with van der Waals surface area (Å²) in [6.45, 7) is 5.52. The van der Waals surface area contributed by atoms with Crippen molar-refractivity contribution in [2.24, 2.45) is 10.2 Å². The molecule has 1 aliphatic carbocycles. The average Bonchev–Trinajstić information content (AvgIpc) is 2.45. The van der Waals surface area contributed by atoms with E-state index in [4.69, 9.17) is 4.74 Å². The van der Waals surface area contributed by atoms with Gasteiger partial charge in [-0.3, -0.25) is 0 Å². The lowest BCUT2D eigenvalue weighted by Crippen LogP contribution is -2.16. The molecule has 0 unspecified atom stereocenters. The highest BCUT2D eigenvalue weighted by atomic mass is 16.5. The number of esters is 2. The first-order valence-electron chi connectivity index (χ1n) is 5.97. The van der Waals surface area contributed by atoms with Gasteiger partial charge >= 0.3 is 11.9 Å². The molecule has 0 aromatic carbocycles. The summed E-state index contributed by atoms with van der Waals surface area (Å²) < 4.78 is 9.58. The largest absolute Gasteiger partial charge is 0.462 e. The second-order valence-corrected chi connectivity index (χ2v) is 3.50. The Balaban J connectivity index is 2.75. The number of nitrogens with zero attached hydrogens (tertiary/aromatic N) is 2. The third-order valence-corrected chi connectivity index (χ3v) is 2.07. The van der Waals surface area contributed by atoms with Crippen molar-refractivity contribution < 1.29 is 19.1 Å². The Bertz CT molecular complexity index is 501. The van der Waals surface area contributed by atoms with E-state index in [0.717, 1.165) is 6.21 Å². The molecule has 1 aliphatic rings. The third-order valence-electron chi connectivity index (χ3n) is 2.07. The number of ether oxygens (including phenoxy) is 2. The number of hydrogen-bond donors (Lipinski definition) is 0. The highest BCUT2D eigenvalue weighted by Gasteiger charge is 2.25. The van der Waals surface area contributed by atoms with E-state index in [1.807, 2.05) is 0 Å². The van der Waals surface area contributed by atoms with Crippen LogP contribution in [0.25, 0.3) is 0 Å². The van der Waals surface area contributed by atoms with Gasteiger partial charge in [-0.2, -0.15) is 0 Å². The number of rotatable bonds is 6. The van der Waals surface area contributed by atoms with E-state index in [1.54, 1.807) is 31.6 Å². The number of carbonyl (C=O) groups excluding carboxylic acids is 2. The highest BCUT2D eigenvalue weighted by molar-refractivity contribution is 6.26. The molecule has 6 nitrogen and oxygen atoms in total. The molecule has 0 fully saturated rings. The quantitative estimate of drug-likeness (QED) is 0.241. The summed E-state index contributed by atoms with van der Waals surface area (Å²) in [6.07, 6.45) is 8.94. The fourth-order valence-electron chi connectivity index (χ4n) is 1.26. The summed E-state index contributed by atoms with van der Waals surface area (Å²) in [7, 11) is 0. The molecule has 0 N–H and O–H groups in total. The summed E-state index contributed by atoms with van der Waals surface area (Å²) in [5.74, 6) is -1.13. The van der Waals surface area contributed by atoms with Crippen molar-refractivity contribution in [1.29, 1.82) is 0 Å². The first-order valence-corrected chi connectivity index (χ1v) is 5.97. The monoisotopic (exact) mass is 275 g/mol. The van der Waals surface area contributed by atoms with Gasteiger partial charge in [0.2, 0.25) is 5.71 Å². The molecular weight excluding hydrogens is 260 g/mol. The van der Waals surface area contributed by atoms with Gasteiger partial charge in [0.15, 0.2) is 5.57 Å². The Hall–Kier alpha value is -2.63. The zero-order valence-electron chi connectivity index (χ0n) is 11.1. The van der Waals surface area contributed by atoms with Crippen LogP contribution in [0.3, 0.4) is 0 Å². The van der Waals surface area contributed by atoms with Gasteiger partial charge in [0.05, 0.1) is 24.8 Å². The molecule has 0 aromatic rings. The molecule has 20 heavy (non-hydrogen) atoms.